The summed E-state index contributed by atoms with van der Waals surface area (Å²) in [6.07, 6.45) is -2.69. The van der Waals surface area contributed by atoms with Gasteiger partial charge in [-0.2, -0.15) is 13.2 Å². The zero-order chi connectivity index (χ0) is 23.6. The van der Waals surface area contributed by atoms with Crippen molar-refractivity contribution >= 4 is 28.1 Å². The molecule has 2 aromatic heterocycles. The predicted octanol–water partition coefficient (Wildman–Crippen LogP) is 6.17. The van der Waals surface area contributed by atoms with Crippen LogP contribution in [0.2, 0.25) is 0 Å². The number of nitro benzene ring substituents is 1. The van der Waals surface area contributed by atoms with Gasteiger partial charge in [0.2, 0.25) is 0 Å². The number of aromatic nitrogens is 1. The lowest BCUT2D eigenvalue weighted by Crippen LogP contribution is -2.10. The average Bonchev–Trinajstić information content (AvgIpc) is 3.43. The highest BCUT2D eigenvalue weighted by atomic mass is 32.1. The Labute approximate surface area is 188 Å². The van der Waals surface area contributed by atoms with Gasteiger partial charge in [0.05, 0.1) is 10.5 Å². The molecule has 0 atom stereocenters. The van der Waals surface area contributed by atoms with Crippen molar-refractivity contribution in [3.8, 4) is 11.3 Å². The van der Waals surface area contributed by atoms with Crippen LogP contribution in [0.15, 0.2) is 71.3 Å². The molecule has 2 aromatic carbocycles. The van der Waals surface area contributed by atoms with Gasteiger partial charge in [-0.1, -0.05) is 18.2 Å². The number of non-ortho nitro benzene ring substituents is 1. The van der Waals surface area contributed by atoms with E-state index in [2.05, 4.69) is 10.3 Å². The first-order chi connectivity index (χ1) is 15.7. The van der Waals surface area contributed by atoms with E-state index in [-0.39, 0.29) is 23.0 Å². The summed E-state index contributed by atoms with van der Waals surface area (Å²) < 4.78 is 44.2. The number of amides is 1. The number of hydrogen-bond acceptors (Lipinski definition) is 6. The molecule has 0 fully saturated rings. The highest BCUT2D eigenvalue weighted by Gasteiger charge is 2.30. The van der Waals surface area contributed by atoms with E-state index in [1.165, 1.54) is 42.6 Å². The van der Waals surface area contributed by atoms with E-state index in [1.807, 2.05) is 0 Å². The Balaban J connectivity index is 1.42. The van der Waals surface area contributed by atoms with Gasteiger partial charge < -0.3 is 4.42 Å². The maximum absolute atomic E-state index is 12.9. The van der Waals surface area contributed by atoms with Crippen molar-refractivity contribution in [2.75, 3.05) is 5.32 Å². The summed E-state index contributed by atoms with van der Waals surface area (Å²) in [7, 11) is 0. The number of rotatable bonds is 6. The standard InChI is InChI=1S/C22H14F3N3O4S/c23-22(24,25)15-3-1-2-13(10-15)11-17-12-26-21(33-17)27-20(29)19-9-8-18(32-19)14-4-6-16(7-5-14)28(30)31/h1-10,12H,11H2,(H,26,27,29). The van der Waals surface area contributed by atoms with Gasteiger partial charge in [-0.25, -0.2) is 4.98 Å². The largest absolute Gasteiger partial charge is 0.451 e. The molecule has 0 unspecified atom stereocenters. The van der Waals surface area contributed by atoms with E-state index >= 15 is 0 Å². The van der Waals surface area contributed by atoms with Gasteiger partial charge >= 0.3 is 6.18 Å². The van der Waals surface area contributed by atoms with Crippen molar-refractivity contribution in [2.45, 2.75) is 12.6 Å². The van der Waals surface area contributed by atoms with Crippen LogP contribution in [0.5, 0.6) is 0 Å². The monoisotopic (exact) mass is 473 g/mol. The summed E-state index contributed by atoms with van der Waals surface area (Å²) in [4.78, 5) is 27.5. The van der Waals surface area contributed by atoms with E-state index in [0.717, 1.165) is 23.5 Å². The van der Waals surface area contributed by atoms with Crippen LogP contribution >= 0.6 is 11.3 Å². The molecule has 1 N–H and O–H groups in total. The van der Waals surface area contributed by atoms with Crippen LogP contribution in [0.4, 0.5) is 24.0 Å². The van der Waals surface area contributed by atoms with Crippen LogP contribution < -0.4 is 5.32 Å². The maximum Gasteiger partial charge on any atom is 0.416 e. The lowest BCUT2D eigenvalue weighted by atomic mass is 10.1. The normalized spacial score (nSPS) is 11.4. The number of halogens is 3. The molecule has 11 heteroatoms. The molecule has 0 aliphatic rings. The molecular weight excluding hydrogens is 459 g/mol. The lowest BCUT2D eigenvalue weighted by molar-refractivity contribution is -0.384. The molecule has 0 bridgehead atoms. The molecule has 0 spiro atoms. The maximum atomic E-state index is 12.9. The van der Waals surface area contributed by atoms with Crippen molar-refractivity contribution in [1.82, 2.24) is 4.98 Å². The number of nitrogens with zero attached hydrogens (tertiary/aromatic N) is 2. The number of alkyl halides is 3. The highest BCUT2D eigenvalue weighted by Crippen LogP contribution is 2.31. The fourth-order valence-corrected chi connectivity index (χ4v) is 3.87. The van der Waals surface area contributed by atoms with E-state index < -0.39 is 22.6 Å². The Morgan fingerprint density at radius 3 is 2.58 bits per heavy atom. The lowest BCUT2D eigenvalue weighted by Gasteiger charge is -2.07. The van der Waals surface area contributed by atoms with Crippen molar-refractivity contribution < 1.29 is 27.3 Å². The summed E-state index contributed by atoms with van der Waals surface area (Å²) in [5.41, 5.74) is 0.259. The third-order valence-corrected chi connectivity index (χ3v) is 5.51. The number of carbonyl (C=O) groups is 1. The quantitative estimate of drug-likeness (QED) is 0.267. The van der Waals surface area contributed by atoms with Gasteiger partial charge in [0, 0.05) is 35.2 Å². The third kappa shape index (κ3) is 5.26. The fourth-order valence-electron chi connectivity index (χ4n) is 3.03. The third-order valence-electron chi connectivity index (χ3n) is 4.60. The van der Waals surface area contributed by atoms with E-state index in [9.17, 15) is 28.1 Å². The van der Waals surface area contributed by atoms with Crippen LogP contribution in [0.3, 0.4) is 0 Å². The van der Waals surface area contributed by atoms with E-state index in [4.69, 9.17) is 4.42 Å². The summed E-state index contributed by atoms with van der Waals surface area (Å²) in [6, 6.07) is 13.8. The van der Waals surface area contributed by atoms with E-state index in [0.29, 0.717) is 21.8 Å². The van der Waals surface area contributed by atoms with Gasteiger partial charge in [0.25, 0.3) is 11.6 Å². The topological polar surface area (TPSA) is 98.3 Å². The number of nitro groups is 1. The van der Waals surface area contributed by atoms with Crippen molar-refractivity contribution in [3.63, 3.8) is 0 Å². The minimum absolute atomic E-state index is 0.0120. The molecule has 4 aromatic rings. The molecule has 0 radical (unpaired) electrons. The Kier molecular flexibility index (Phi) is 5.97. The first-order valence-electron chi connectivity index (χ1n) is 9.46. The van der Waals surface area contributed by atoms with Crippen molar-refractivity contribution in [1.29, 1.82) is 0 Å². The van der Waals surface area contributed by atoms with Crippen LogP contribution in [0.1, 0.15) is 26.6 Å². The summed E-state index contributed by atoms with van der Waals surface area (Å²) in [5, 5.41) is 13.6. The number of hydrogen-bond donors (Lipinski definition) is 1. The first kappa shape index (κ1) is 22.2. The first-order valence-corrected chi connectivity index (χ1v) is 10.3. The number of furan rings is 1. The molecule has 4 rings (SSSR count). The zero-order valence-electron chi connectivity index (χ0n) is 16.6. The number of anilines is 1. The molecule has 7 nitrogen and oxygen atoms in total. The number of nitrogens with one attached hydrogen (secondary N) is 1. The molecule has 0 aliphatic carbocycles. The summed E-state index contributed by atoms with van der Waals surface area (Å²) in [5.74, 6) is -0.180. The Morgan fingerprint density at radius 2 is 1.88 bits per heavy atom. The number of benzene rings is 2. The zero-order valence-corrected chi connectivity index (χ0v) is 17.4. The van der Waals surface area contributed by atoms with Crippen LogP contribution in [0.25, 0.3) is 11.3 Å². The second kappa shape index (κ2) is 8.87. The smallest absolute Gasteiger partial charge is 0.416 e. The second-order valence-corrected chi connectivity index (χ2v) is 8.04. The molecule has 168 valence electrons. The predicted molar refractivity (Wildman–Crippen MR) is 115 cm³/mol. The van der Waals surface area contributed by atoms with Crippen LogP contribution in [0, 0.1) is 10.1 Å². The average molecular weight is 473 g/mol. The molecule has 33 heavy (non-hydrogen) atoms. The van der Waals surface area contributed by atoms with Gasteiger partial charge in [-0.05, 0) is 35.9 Å². The van der Waals surface area contributed by atoms with Crippen LogP contribution in [-0.2, 0) is 12.6 Å². The molecule has 2 heterocycles. The fraction of sp³-hybridized carbons (Fsp3) is 0.0909. The van der Waals surface area contributed by atoms with Gasteiger partial charge in [-0.3, -0.25) is 20.2 Å². The molecular formula is C22H14F3N3O4S. The van der Waals surface area contributed by atoms with Gasteiger partial charge in [0.1, 0.15) is 5.76 Å². The van der Waals surface area contributed by atoms with Crippen LogP contribution in [-0.4, -0.2) is 15.8 Å². The minimum atomic E-state index is -4.42. The Bertz CT molecular complexity index is 1310. The molecule has 1 amide bonds. The number of carbonyl (C=O) groups excluding carboxylic acids is 1. The molecule has 0 saturated heterocycles. The van der Waals surface area contributed by atoms with Gasteiger partial charge in [0.15, 0.2) is 10.9 Å². The second-order valence-electron chi connectivity index (χ2n) is 6.93. The summed E-state index contributed by atoms with van der Waals surface area (Å²) >= 11 is 1.14. The number of thiazole rings is 1. The summed E-state index contributed by atoms with van der Waals surface area (Å²) in [6.45, 7) is 0. The minimum Gasteiger partial charge on any atom is -0.451 e. The van der Waals surface area contributed by atoms with Gasteiger partial charge in [-0.15, -0.1) is 11.3 Å². The Hall–Kier alpha value is -3.99. The molecule has 0 aliphatic heterocycles. The van der Waals surface area contributed by atoms with E-state index in [1.54, 1.807) is 12.1 Å². The SMILES string of the molecule is O=C(Nc1ncc(Cc2cccc(C(F)(F)F)c2)s1)c1ccc(-c2ccc([N+](=O)[O-])cc2)o1. The molecule has 0 saturated carbocycles. The Morgan fingerprint density at radius 1 is 1.12 bits per heavy atom. The van der Waals surface area contributed by atoms with Crippen molar-refractivity contribution in [2.24, 2.45) is 0 Å². The highest BCUT2D eigenvalue weighted by molar-refractivity contribution is 7.15. The van der Waals surface area contributed by atoms with Crippen molar-refractivity contribution in [3.05, 3.63) is 98.7 Å².